The third-order valence-electron chi connectivity index (χ3n) is 2.59. The van der Waals surface area contributed by atoms with Gasteiger partial charge in [-0.3, -0.25) is 14.9 Å². The maximum absolute atomic E-state index is 11.3. The van der Waals surface area contributed by atoms with Gasteiger partial charge in [0, 0.05) is 5.39 Å². The molecule has 3 rings (SSSR count). The minimum Gasteiger partial charge on any atom is -0.457 e. The summed E-state index contributed by atoms with van der Waals surface area (Å²) < 4.78 is 5.59. The zero-order valence-corrected chi connectivity index (χ0v) is 10.6. The first-order valence-corrected chi connectivity index (χ1v) is 6.44. The van der Waals surface area contributed by atoms with Gasteiger partial charge in [-0.2, -0.15) is 0 Å². The highest BCUT2D eigenvalue weighted by molar-refractivity contribution is 8.18. The molecule has 1 fully saturated rings. The van der Waals surface area contributed by atoms with Crippen LogP contribution in [0.25, 0.3) is 17.0 Å². The first kappa shape index (κ1) is 11.8. The van der Waals surface area contributed by atoms with E-state index in [-0.39, 0.29) is 11.1 Å². The van der Waals surface area contributed by atoms with Crippen LogP contribution < -0.4 is 5.32 Å². The Kier molecular flexibility index (Phi) is 2.97. The Morgan fingerprint density at radius 1 is 1.21 bits per heavy atom. The Hall–Kier alpha value is -2.27. The average molecular weight is 271 g/mol. The fourth-order valence-electron chi connectivity index (χ4n) is 1.75. The summed E-state index contributed by atoms with van der Waals surface area (Å²) in [7, 11) is 0. The summed E-state index contributed by atoms with van der Waals surface area (Å²) in [5.41, 5.74) is 0.818. The van der Waals surface area contributed by atoms with Crippen LogP contribution in [0.2, 0.25) is 0 Å². The topological polar surface area (TPSA) is 59.3 Å². The number of nitrogens with one attached hydrogen (secondary N) is 1. The van der Waals surface area contributed by atoms with Crippen LogP contribution >= 0.6 is 11.8 Å². The number of para-hydroxylation sites is 1. The highest BCUT2D eigenvalue weighted by Crippen LogP contribution is 2.23. The number of carbonyl (C=O) groups excluding carboxylic acids is 2. The molecule has 0 bridgehead atoms. The van der Waals surface area contributed by atoms with E-state index >= 15 is 0 Å². The minimum atomic E-state index is -0.357. The Balaban J connectivity index is 1.81. The second-order valence-corrected chi connectivity index (χ2v) is 4.94. The molecule has 0 atom stereocenters. The highest BCUT2D eigenvalue weighted by atomic mass is 32.2. The molecular weight excluding hydrogens is 262 g/mol. The first-order valence-electron chi connectivity index (χ1n) is 5.62. The summed E-state index contributed by atoms with van der Waals surface area (Å²) in [6.07, 6.45) is 5.04. The zero-order valence-electron chi connectivity index (χ0n) is 9.75. The van der Waals surface area contributed by atoms with Crippen molar-refractivity contribution in [3.8, 4) is 0 Å². The highest BCUT2D eigenvalue weighted by Gasteiger charge is 2.24. The quantitative estimate of drug-likeness (QED) is 0.851. The molecule has 1 aromatic carbocycles. The Labute approximate surface area is 113 Å². The maximum atomic E-state index is 11.3. The summed E-state index contributed by atoms with van der Waals surface area (Å²) in [5.74, 6) is 0.344. The van der Waals surface area contributed by atoms with Crippen molar-refractivity contribution in [3.63, 3.8) is 0 Å². The number of imide groups is 1. The Bertz CT molecular complexity index is 694. The molecular formula is C14H9NO3S. The van der Waals surface area contributed by atoms with Crippen LogP contribution in [0.5, 0.6) is 0 Å². The molecule has 1 aliphatic rings. The summed E-state index contributed by atoms with van der Waals surface area (Å²) >= 11 is 0.893. The molecule has 0 aliphatic carbocycles. The molecule has 1 saturated heterocycles. The molecule has 94 valence electrons. The standard InChI is InChI=1S/C14H9NO3S/c16-13-12(19-14(17)15-13)7-3-5-10-8-9-4-1-2-6-11(9)18-10/h1-8H,(H,15,16,17). The van der Waals surface area contributed by atoms with E-state index in [9.17, 15) is 9.59 Å². The molecule has 0 radical (unpaired) electrons. The van der Waals surface area contributed by atoms with Crippen LogP contribution in [-0.2, 0) is 4.79 Å². The molecule has 4 nitrogen and oxygen atoms in total. The molecule has 0 saturated carbocycles. The normalized spacial score (nSPS) is 17.8. The molecule has 1 N–H and O–H groups in total. The van der Waals surface area contributed by atoms with Gasteiger partial charge in [-0.05, 0) is 36.0 Å². The summed E-state index contributed by atoms with van der Waals surface area (Å²) in [5, 5.41) is 2.88. The van der Waals surface area contributed by atoms with E-state index in [0.717, 1.165) is 22.7 Å². The van der Waals surface area contributed by atoms with E-state index in [4.69, 9.17) is 4.42 Å². The molecule has 0 spiro atoms. The number of thioether (sulfide) groups is 1. The van der Waals surface area contributed by atoms with Gasteiger partial charge < -0.3 is 4.42 Å². The van der Waals surface area contributed by atoms with E-state index in [0.29, 0.717) is 10.7 Å². The van der Waals surface area contributed by atoms with Crippen molar-refractivity contribution in [3.05, 3.63) is 53.1 Å². The number of rotatable bonds is 2. The van der Waals surface area contributed by atoms with Crippen LogP contribution in [0.4, 0.5) is 4.79 Å². The fourth-order valence-corrected chi connectivity index (χ4v) is 2.38. The number of hydrogen-bond donors (Lipinski definition) is 1. The number of furan rings is 1. The summed E-state index contributed by atoms with van der Waals surface area (Å²) in [6, 6.07) is 9.62. The van der Waals surface area contributed by atoms with Gasteiger partial charge in [0.1, 0.15) is 11.3 Å². The lowest BCUT2D eigenvalue weighted by atomic mass is 10.2. The monoisotopic (exact) mass is 271 g/mol. The van der Waals surface area contributed by atoms with E-state index in [1.165, 1.54) is 0 Å². The van der Waals surface area contributed by atoms with Crippen LogP contribution in [0.1, 0.15) is 5.76 Å². The second kappa shape index (κ2) is 4.78. The summed E-state index contributed by atoms with van der Waals surface area (Å²) in [4.78, 5) is 22.6. The molecule has 2 amide bonds. The third-order valence-corrected chi connectivity index (χ3v) is 3.42. The lowest BCUT2D eigenvalue weighted by Crippen LogP contribution is -2.17. The molecule has 5 heteroatoms. The van der Waals surface area contributed by atoms with Gasteiger partial charge in [0.2, 0.25) is 0 Å². The predicted molar refractivity (Wildman–Crippen MR) is 74.5 cm³/mol. The second-order valence-electron chi connectivity index (χ2n) is 3.92. The Morgan fingerprint density at radius 2 is 2.05 bits per heavy atom. The van der Waals surface area contributed by atoms with Gasteiger partial charge in [0.05, 0.1) is 4.91 Å². The van der Waals surface area contributed by atoms with Gasteiger partial charge in [0.15, 0.2) is 0 Å². The molecule has 0 unspecified atom stereocenters. The minimum absolute atomic E-state index is 0.339. The maximum Gasteiger partial charge on any atom is 0.290 e. The molecule has 2 heterocycles. The molecule has 2 aromatic rings. The zero-order chi connectivity index (χ0) is 13.2. The van der Waals surface area contributed by atoms with Gasteiger partial charge in [-0.15, -0.1) is 0 Å². The van der Waals surface area contributed by atoms with Gasteiger partial charge >= 0.3 is 0 Å². The number of hydrogen-bond acceptors (Lipinski definition) is 4. The first-order chi connectivity index (χ1) is 9.22. The van der Waals surface area contributed by atoms with Crippen molar-refractivity contribution in [1.29, 1.82) is 0 Å². The molecule has 19 heavy (non-hydrogen) atoms. The lowest BCUT2D eigenvalue weighted by molar-refractivity contribution is -0.115. The van der Waals surface area contributed by atoms with E-state index in [1.807, 2.05) is 30.3 Å². The lowest BCUT2D eigenvalue weighted by Gasteiger charge is -1.86. The number of benzene rings is 1. The van der Waals surface area contributed by atoms with Gasteiger partial charge in [-0.1, -0.05) is 24.3 Å². The third kappa shape index (κ3) is 2.46. The number of allylic oxidation sites excluding steroid dienone is 2. The predicted octanol–water partition coefficient (Wildman–Crippen LogP) is 3.31. The van der Waals surface area contributed by atoms with E-state index in [2.05, 4.69) is 5.32 Å². The van der Waals surface area contributed by atoms with Crippen LogP contribution in [0, 0.1) is 0 Å². The van der Waals surface area contributed by atoms with Crippen LogP contribution in [0.3, 0.4) is 0 Å². The number of amides is 2. The largest absolute Gasteiger partial charge is 0.457 e. The smallest absolute Gasteiger partial charge is 0.290 e. The summed E-state index contributed by atoms with van der Waals surface area (Å²) in [6.45, 7) is 0. The molecule has 1 aromatic heterocycles. The van der Waals surface area contributed by atoms with Crippen LogP contribution in [0.15, 0.2) is 51.8 Å². The number of fused-ring (bicyclic) bond motifs is 1. The van der Waals surface area contributed by atoms with Crippen molar-refractivity contribution in [2.45, 2.75) is 0 Å². The van der Waals surface area contributed by atoms with Crippen molar-refractivity contribution >= 4 is 40.0 Å². The number of carbonyl (C=O) groups is 2. The van der Waals surface area contributed by atoms with Gasteiger partial charge in [-0.25, -0.2) is 0 Å². The molecule has 1 aliphatic heterocycles. The fraction of sp³-hybridized carbons (Fsp3) is 0. The van der Waals surface area contributed by atoms with Crippen molar-refractivity contribution in [2.75, 3.05) is 0 Å². The van der Waals surface area contributed by atoms with Crippen molar-refractivity contribution in [1.82, 2.24) is 5.32 Å². The SMILES string of the molecule is O=C1NC(=O)C(=CC=Cc2cc3ccccc3o2)S1. The average Bonchev–Trinajstić information content (AvgIpc) is 2.92. The Morgan fingerprint density at radius 3 is 2.79 bits per heavy atom. The van der Waals surface area contributed by atoms with Gasteiger partial charge in [0.25, 0.3) is 11.1 Å². The van der Waals surface area contributed by atoms with Crippen molar-refractivity contribution in [2.24, 2.45) is 0 Å². The van der Waals surface area contributed by atoms with E-state index < -0.39 is 0 Å². The van der Waals surface area contributed by atoms with Crippen LogP contribution in [-0.4, -0.2) is 11.1 Å². The van der Waals surface area contributed by atoms with E-state index in [1.54, 1.807) is 18.2 Å². The van der Waals surface area contributed by atoms with Crippen molar-refractivity contribution < 1.29 is 14.0 Å².